The molecule has 2 rings (SSSR count). The Morgan fingerprint density at radius 1 is 1.62 bits per heavy atom. The van der Waals surface area contributed by atoms with Crippen molar-refractivity contribution in [3.8, 4) is 5.75 Å². The third-order valence-corrected chi connectivity index (χ3v) is 2.56. The molecule has 0 aromatic carbocycles. The summed E-state index contributed by atoms with van der Waals surface area (Å²) in [5, 5.41) is 0. The highest BCUT2D eigenvalue weighted by molar-refractivity contribution is 5.92. The molecule has 1 aliphatic heterocycles. The number of pyridine rings is 1. The van der Waals surface area contributed by atoms with Gasteiger partial charge in [-0.2, -0.15) is 0 Å². The highest BCUT2D eigenvalue weighted by Crippen LogP contribution is 2.15. The van der Waals surface area contributed by atoms with E-state index in [4.69, 9.17) is 9.47 Å². The molecule has 86 valence electrons. The van der Waals surface area contributed by atoms with Crippen LogP contribution in [0.2, 0.25) is 0 Å². The van der Waals surface area contributed by atoms with E-state index in [1.807, 2.05) is 0 Å². The first-order chi connectivity index (χ1) is 7.75. The second-order valence-corrected chi connectivity index (χ2v) is 3.88. The number of carbonyl (C=O) groups excluding carboxylic acids is 1. The summed E-state index contributed by atoms with van der Waals surface area (Å²) >= 11 is 0. The maximum Gasteiger partial charge on any atom is 0.178 e. The molecule has 0 N–H and O–H groups in total. The van der Waals surface area contributed by atoms with Crippen molar-refractivity contribution in [1.82, 2.24) is 4.98 Å². The van der Waals surface area contributed by atoms with Crippen molar-refractivity contribution in [2.75, 3.05) is 13.2 Å². The quantitative estimate of drug-likeness (QED) is 0.728. The van der Waals surface area contributed by atoms with E-state index >= 15 is 0 Å². The van der Waals surface area contributed by atoms with Crippen LogP contribution in [0.1, 0.15) is 30.3 Å². The van der Waals surface area contributed by atoms with Crippen molar-refractivity contribution in [3.05, 3.63) is 24.0 Å². The van der Waals surface area contributed by atoms with Crippen molar-refractivity contribution < 1.29 is 14.3 Å². The zero-order valence-corrected chi connectivity index (χ0v) is 9.31. The number of nitrogens with zero attached hydrogens (tertiary/aromatic N) is 1. The predicted octanol–water partition coefficient (Wildman–Crippen LogP) is 1.84. The van der Waals surface area contributed by atoms with Crippen LogP contribution in [-0.2, 0) is 4.74 Å². The molecule has 2 heterocycles. The van der Waals surface area contributed by atoms with Gasteiger partial charge in [-0.15, -0.1) is 0 Å². The van der Waals surface area contributed by atoms with E-state index in [2.05, 4.69) is 4.98 Å². The number of ether oxygens (including phenoxy) is 2. The van der Waals surface area contributed by atoms with Gasteiger partial charge >= 0.3 is 0 Å². The van der Waals surface area contributed by atoms with Gasteiger partial charge in [0.2, 0.25) is 0 Å². The number of rotatable bonds is 4. The van der Waals surface area contributed by atoms with Crippen LogP contribution in [0.25, 0.3) is 0 Å². The summed E-state index contributed by atoms with van der Waals surface area (Å²) in [7, 11) is 0. The first-order valence-electron chi connectivity index (χ1n) is 5.47. The van der Waals surface area contributed by atoms with Crippen molar-refractivity contribution in [2.24, 2.45) is 0 Å². The van der Waals surface area contributed by atoms with E-state index in [-0.39, 0.29) is 11.9 Å². The summed E-state index contributed by atoms with van der Waals surface area (Å²) < 4.78 is 11.0. The molecule has 0 bridgehead atoms. The highest BCUT2D eigenvalue weighted by atomic mass is 16.5. The molecule has 1 fully saturated rings. The smallest absolute Gasteiger partial charge is 0.178 e. The molecule has 1 aromatic rings. The van der Waals surface area contributed by atoms with Crippen LogP contribution in [0, 0.1) is 0 Å². The van der Waals surface area contributed by atoms with E-state index in [9.17, 15) is 4.79 Å². The average Bonchev–Trinajstić information content (AvgIpc) is 2.80. The molecule has 0 amide bonds. The topological polar surface area (TPSA) is 48.4 Å². The maximum absolute atomic E-state index is 11.0. The van der Waals surface area contributed by atoms with Gasteiger partial charge in [0.25, 0.3) is 0 Å². The van der Waals surface area contributed by atoms with Crippen LogP contribution in [-0.4, -0.2) is 30.1 Å². The normalized spacial score (nSPS) is 19.7. The Morgan fingerprint density at radius 2 is 2.50 bits per heavy atom. The zero-order chi connectivity index (χ0) is 11.4. The molecule has 1 atom stereocenters. The summed E-state index contributed by atoms with van der Waals surface area (Å²) in [5.41, 5.74) is 0.462. The van der Waals surface area contributed by atoms with Crippen molar-refractivity contribution in [3.63, 3.8) is 0 Å². The van der Waals surface area contributed by atoms with Crippen LogP contribution in [0.3, 0.4) is 0 Å². The monoisotopic (exact) mass is 221 g/mol. The molecule has 1 saturated heterocycles. The number of Topliss-reactive ketones (excluding diaryl/α,β-unsaturated/α-hetero) is 1. The number of ketones is 1. The molecule has 0 saturated carbocycles. The van der Waals surface area contributed by atoms with Gasteiger partial charge in [0.1, 0.15) is 18.1 Å². The second kappa shape index (κ2) is 5.07. The fourth-order valence-corrected chi connectivity index (χ4v) is 1.64. The lowest BCUT2D eigenvalue weighted by Crippen LogP contribution is -2.16. The minimum Gasteiger partial charge on any atom is -0.489 e. The first-order valence-corrected chi connectivity index (χ1v) is 5.47. The van der Waals surface area contributed by atoms with Crippen LogP contribution in [0.4, 0.5) is 0 Å². The first kappa shape index (κ1) is 11.1. The minimum atomic E-state index is -0.0364. The summed E-state index contributed by atoms with van der Waals surface area (Å²) in [4.78, 5) is 15.0. The summed E-state index contributed by atoms with van der Waals surface area (Å²) in [5.74, 6) is 0.645. The minimum absolute atomic E-state index is 0.0364. The lowest BCUT2D eigenvalue weighted by molar-refractivity contribution is 0.0678. The van der Waals surface area contributed by atoms with Gasteiger partial charge in [0.05, 0.1) is 12.3 Å². The highest BCUT2D eigenvalue weighted by Gasteiger charge is 2.15. The maximum atomic E-state index is 11.0. The van der Waals surface area contributed by atoms with Gasteiger partial charge in [-0.05, 0) is 25.0 Å². The average molecular weight is 221 g/mol. The van der Waals surface area contributed by atoms with Crippen molar-refractivity contribution in [1.29, 1.82) is 0 Å². The third-order valence-electron chi connectivity index (χ3n) is 2.56. The van der Waals surface area contributed by atoms with Gasteiger partial charge in [-0.3, -0.25) is 4.79 Å². The van der Waals surface area contributed by atoms with Crippen molar-refractivity contribution in [2.45, 2.75) is 25.9 Å². The molecule has 0 aliphatic carbocycles. The lowest BCUT2D eigenvalue weighted by atomic mass is 10.2. The SMILES string of the molecule is CC(=O)c1ccc(OCC2CCCO2)cn1. The fourth-order valence-electron chi connectivity index (χ4n) is 1.64. The zero-order valence-electron chi connectivity index (χ0n) is 9.31. The van der Waals surface area contributed by atoms with Crippen LogP contribution < -0.4 is 4.74 Å². The molecule has 16 heavy (non-hydrogen) atoms. The van der Waals surface area contributed by atoms with Crippen molar-refractivity contribution >= 4 is 5.78 Å². The number of hydrogen-bond acceptors (Lipinski definition) is 4. The number of aromatic nitrogens is 1. The Kier molecular flexibility index (Phi) is 3.51. The van der Waals surface area contributed by atoms with E-state index in [1.165, 1.54) is 6.92 Å². The van der Waals surface area contributed by atoms with Gasteiger partial charge in [0, 0.05) is 13.5 Å². The molecular formula is C12H15NO3. The second-order valence-electron chi connectivity index (χ2n) is 3.88. The molecule has 4 heteroatoms. The number of hydrogen-bond donors (Lipinski definition) is 0. The van der Waals surface area contributed by atoms with E-state index in [0.29, 0.717) is 18.1 Å². The Labute approximate surface area is 94.6 Å². The van der Waals surface area contributed by atoms with Crippen LogP contribution >= 0.6 is 0 Å². The molecule has 0 radical (unpaired) electrons. The Bertz CT molecular complexity index is 355. The Morgan fingerprint density at radius 3 is 3.06 bits per heavy atom. The Balaban J connectivity index is 1.87. The largest absolute Gasteiger partial charge is 0.489 e. The van der Waals surface area contributed by atoms with Crippen LogP contribution in [0.15, 0.2) is 18.3 Å². The molecular weight excluding hydrogens is 206 g/mol. The summed E-state index contributed by atoms with van der Waals surface area (Å²) in [6, 6.07) is 3.44. The van der Waals surface area contributed by atoms with Gasteiger partial charge < -0.3 is 9.47 Å². The molecule has 0 spiro atoms. The van der Waals surface area contributed by atoms with E-state index < -0.39 is 0 Å². The fraction of sp³-hybridized carbons (Fsp3) is 0.500. The predicted molar refractivity (Wildman–Crippen MR) is 58.7 cm³/mol. The third kappa shape index (κ3) is 2.79. The van der Waals surface area contributed by atoms with Gasteiger partial charge in [-0.1, -0.05) is 0 Å². The van der Waals surface area contributed by atoms with Crippen LogP contribution in [0.5, 0.6) is 5.75 Å². The summed E-state index contributed by atoms with van der Waals surface area (Å²) in [6.07, 6.45) is 3.94. The van der Waals surface area contributed by atoms with Gasteiger partial charge in [-0.25, -0.2) is 4.98 Å². The standard InChI is InChI=1S/C12H15NO3/c1-9(14)12-5-4-10(7-13-12)16-8-11-3-2-6-15-11/h4-5,7,11H,2-3,6,8H2,1H3. The molecule has 1 unspecified atom stereocenters. The van der Waals surface area contributed by atoms with E-state index in [1.54, 1.807) is 18.3 Å². The summed E-state index contributed by atoms with van der Waals surface area (Å²) in [6.45, 7) is 2.88. The molecule has 1 aromatic heterocycles. The molecule has 4 nitrogen and oxygen atoms in total. The lowest BCUT2D eigenvalue weighted by Gasteiger charge is -2.10. The van der Waals surface area contributed by atoms with E-state index in [0.717, 1.165) is 19.4 Å². The number of carbonyl (C=O) groups is 1. The Hall–Kier alpha value is -1.42. The molecule has 1 aliphatic rings. The van der Waals surface area contributed by atoms with Gasteiger partial charge in [0.15, 0.2) is 5.78 Å².